The van der Waals surface area contributed by atoms with Gasteiger partial charge in [0.15, 0.2) is 11.6 Å². The van der Waals surface area contributed by atoms with Crippen molar-refractivity contribution in [2.75, 3.05) is 18.5 Å². The second kappa shape index (κ2) is 6.10. The van der Waals surface area contributed by atoms with Crippen LogP contribution in [0.4, 0.5) is 23.7 Å². The first-order valence-electron chi connectivity index (χ1n) is 9.04. The molecule has 3 heterocycles. The number of aromatic nitrogens is 1. The fraction of sp³-hybridized carbons (Fsp3) is 0.316. The zero-order chi connectivity index (χ0) is 20.3. The molecule has 29 heavy (non-hydrogen) atoms. The van der Waals surface area contributed by atoms with Gasteiger partial charge < -0.3 is 20.3 Å². The van der Waals surface area contributed by atoms with Gasteiger partial charge in [-0.1, -0.05) is 0 Å². The van der Waals surface area contributed by atoms with Crippen LogP contribution in [0, 0.1) is 17.5 Å². The Balaban J connectivity index is 1.37. The van der Waals surface area contributed by atoms with Crippen LogP contribution in [0.5, 0.6) is 5.75 Å². The van der Waals surface area contributed by atoms with Crippen molar-refractivity contribution in [3.8, 4) is 5.75 Å². The van der Waals surface area contributed by atoms with Crippen LogP contribution in [0.1, 0.15) is 30.1 Å². The highest BCUT2D eigenvalue weighted by Gasteiger charge is 2.57. The maximum Gasteiger partial charge on any atom is 0.323 e. The Bertz CT molecular complexity index is 1060. The quantitative estimate of drug-likeness (QED) is 0.824. The lowest BCUT2D eigenvalue weighted by Gasteiger charge is -2.37. The fourth-order valence-corrected chi connectivity index (χ4v) is 4.04. The number of urea groups is 1. The first-order chi connectivity index (χ1) is 13.9. The first-order valence-corrected chi connectivity index (χ1v) is 9.04. The Kier molecular flexibility index (Phi) is 3.74. The van der Waals surface area contributed by atoms with Gasteiger partial charge in [0, 0.05) is 11.6 Å². The maximum atomic E-state index is 14.5. The molecule has 0 bridgehead atoms. The van der Waals surface area contributed by atoms with E-state index in [1.165, 1.54) is 17.0 Å². The molecule has 7 nitrogen and oxygen atoms in total. The summed E-state index contributed by atoms with van der Waals surface area (Å²) in [6.07, 6.45) is 1.88. The fourth-order valence-electron chi connectivity index (χ4n) is 4.04. The molecule has 5 rings (SSSR count). The van der Waals surface area contributed by atoms with Crippen molar-refractivity contribution < 1.29 is 27.5 Å². The number of hydrogen-bond acceptors (Lipinski definition) is 4. The summed E-state index contributed by atoms with van der Waals surface area (Å²) in [4.78, 5) is 30.3. The van der Waals surface area contributed by atoms with Crippen LogP contribution in [0.2, 0.25) is 0 Å². The number of fused-ring (bicyclic) bond motifs is 3. The molecule has 3 aliphatic rings. The number of hydrogen-bond donors (Lipinski definition) is 2. The minimum atomic E-state index is -1.04. The van der Waals surface area contributed by atoms with Gasteiger partial charge in [0.1, 0.15) is 36.5 Å². The second-order valence-corrected chi connectivity index (χ2v) is 7.30. The Morgan fingerprint density at radius 3 is 2.90 bits per heavy atom. The number of halogens is 3. The van der Waals surface area contributed by atoms with Crippen molar-refractivity contribution in [2.24, 2.45) is 0 Å². The van der Waals surface area contributed by atoms with E-state index in [1.54, 1.807) is 0 Å². The Hall–Kier alpha value is -3.30. The lowest BCUT2D eigenvalue weighted by atomic mass is 9.97. The molecular weight excluding hydrogens is 389 g/mol. The summed E-state index contributed by atoms with van der Waals surface area (Å²) in [6, 6.07) is 2.31. The molecule has 1 aromatic carbocycles. The van der Waals surface area contributed by atoms with E-state index in [9.17, 15) is 22.8 Å². The van der Waals surface area contributed by atoms with Gasteiger partial charge in [-0.05, 0) is 25.0 Å². The summed E-state index contributed by atoms with van der Waals surface area (Å²) in [6.45, 7) is -0.272. The molecule has 150 valence electrons. The number of nitrogens with zero attached hydrogens (tertiary/aromatic N) is 2. The van der Waals surface area contributed by atoms with Crippen LogP contribution < -0.4 is 15.4 Å². The number of rotatable bonds is 3. The second-order valence-electron chi connectivity index (χ2n) is 7.30. The molecule has 2 aromatic rings. The third kappa shape index (κ3) is 2.70. The summed E-state index contributed by atoms with van der Waals surface area (Å²) in [5.41, 5.74) is -0.362. The van der Waals surface area contributed by atoms with Crippen molar-refractivity contribution >= 4 is 17.6 Å². The molecule has 1 aliphatic carbocycles. The maximum absolute atomic E-state index is 14.5. The van der Waals surface area contributed by atoms with Gasteiger partial charge in [0.05, 0.1) is 17.4 Å². The zero-order valence-electron chi connectivity index (χ0n) is 15.0. The van der Waals surface area contributed by atoms with Crippen molar-refractivity contribution in [3.63, 3.8) is 0 Å². The summed E-state index contributed by atoms with van der Waals surface area (Å²) in [5.74, 6) is -2.84. The zero-order valence-corrected chi connectivity index (χ0v) is 15.0. The average molecular weight is 404 g/mol. The highest BCUT2D eigenvalue weighted by Crippen LogP contribution is 2.56. The highest BCUT2D eigenvalue weighted by atomic mass is 19.2. The summed E-state index contributed by atoms with van der Waals surface area (Å²) in [5, 5.41) is 5.22. The molecule has 1 spiro atoms. The molecule has 2 aliphatic heterocycles. The standard InChI is InChI=1S/C19H15F3N4O3/c20-9-5-13-17(23-6-9)12(8-29-13)24-14(27)7-26-18(28)25-11-2-1-10(21)16(22)15(11)19(26)3-4-19/h1-2,5-6,12H,3-4,7-8H2,(H,24,27)(H,25,28)/t12-/m0/s1. The molecule has 0 unspecified atom stereocenters. The molecular formula is C19H15F3N4O3. The molecule has 0 radical (unpaired) electrons. The van der Waals surface area contributed by atoms with Crippen LogP contribution in [0.25, 0.3) is 0 Å². The molecule has 1 saturated carbocycles. The Morgan fingerprint density at radius 1 is 1.34 bits per heavy atom. The van der Waals surface area contributed by atoms with E-state index in [0.717, 1.165) is 12.3 Å². The number of anilines is 1. The lowest BCUT2D eigenvalue weighted by molar-refractivity contribution is -0.123. The number of carbonyl (C=O) groups is 2. The lowest BCUT2D eigenvalue weighted by Crippen LogP contribution is -2.52. The van der Waals surface area contributed by atoms with Gasteiger partial charge in [0.2, 0.25) is 5.91 Å². The van der Waals surface area contributed by atoms with Crippen molar-refractivity contribution in [2.45, 2.75) is 24.4 Å². The van der Waals surface area contributed by atoms with Crippen LogP contribution >= 0.6 is 0 Å². The number of pyridine rings is 1. The van der Waals surface area contributed by atoms with Crippen molar-refractivity contribution in [1.29, 1.82) is 0 Å². The first kappa shape index (κ1) is 17.8. The van der Waals surface area contributed by atoms with E-state index in [0.29, 0.717) is 18.5 Å². The summed E-state index contributed by atoms with van der Waals surface area (Å²) in [7, 11) is 0. The van der Waals surface area contributed by atoms with E-state index in [-0.39, 0.29) is 30.2 Å². The summed E-state index contributed by atoms with van der Waals surface area (Å²) < 4.78 is 46.8. The van der Waals surface area contributed by atoms with Gasteiger partial charge in [-0.25, -0.2) is 18.0 Å². The minimum absolute atomic E-state index is 0.0663. The molecule has 0 saturated heterocycles. The van der Waals surface area contributed by atoms with E-state index in [1.807, 2.05) is 0 Å². The molecule has 3 amide bonds. The van der Waals surface area contributed by atoms with Gasteiger partial charge >= 0.3 is 6.03 Å². The third-order valence-corrected chi connectivity index (χ3v) is 5.51. The Labute approximate surface area is 162 Å². The van der Waals surface area contributed by atoms with E-state index >= 15 is 0 Å². The molecule has 10 heteroatoms. The van der Waals surface area contributed by atoms with E-state index < -0.39 is 41.0 Å². The monoisotopic (exact) mass is 404 g/mol. The number of amides is 3. The Morgan fingerprint density at radius 2 is 2.14 bits per heavy atom. The van der Waals surface area contributed by atoms with Crippen molar-refractivity contribution in [3.05, 3.63) is 53.1 Å². The largest absolute Gasteiger partial charge is 0.489 e. The molecule has 1 aromatic heterocycles. The summed E-state index contributed by atoms with van der Waals surface area (Å²) >= 11 is 0. The van der Waals surface area contributed by atoms with E-state index in [4.69, 9.17) is 4.74 Å². The average Bonchev–Trinajstić information content (AvgIpc) is 3.37. The van der Waals surface area contributed by atoms with Crippen LogP contribution in [-0.4, -0.2) is 35.0 Å². The molecule has 2 N–H and O–H groups in total. The number of carbonyl (C=O) groups excluding carboxylic acids is 2. The molecule has 1 atom stereocenters. The normalized spacial score (nSPS) is 20.6. The van der Waals surface area contributed by atoms with Gasteiger partial charge in [-0.15, -0.1) is 0 Å². The number of nitrogens with one attached hydrogen (secondary N) is 2. The minimum Gasteiger partial charge on any atom is -0.489 e. The number of ether oxygens (including phenoxy) is 1. The topological polar surface area (TPSA) is 83.6 Å². The smallest absolute Gasteiger partial charge is 0.323 e. The number of benzene rings is 1. The van der Waals surface area contributed by atoms with Gasteiger partial charge in [0.25, 0.3) is 0 Å². The van der Waals surface area contributed by atoms with Crippen molar-refractivity contribution in [1.82, 2.24) is 15.2 Å². The predicted molar refractivity (Wildman–Crippen MR) is 93.6 cm³/mol. The van der Waals surface area contributed by atoms with Crippen LogP contribution in [-0.2, 0) is 10.3 Å². The van der Waals surface area contributed by atoms with Gasteiger partial charge in [-0.3, -0.25) is 9.78 Å². The predicted octanol–water partition coefficient (Wildman–Crippen LogP) is 2.59. The molecule has 1 fully saturated rings. The van der Waals surface area contributed by atoms with E-state index in [2.05, 4.69) is 15.6 Å². The van der Waals surface area contributed by atoms with Crippen LogP contribution in [0.15, 0.2) is 24.4 Å². The third-order valence-electron chi connectivity index (χ3n) is 5.51. The van der Waals surface area contributed by atoms with Crippen LogP contribution in [0.3, 0.4) is 0 Å². The SMILES string of the molecule is O=C(CN1C(=O)Nc2ccc(F)c(F)c2C12CC2)N[C@H]1COc2cc(F)cnc21. The highest BCUT2D eigenvalue weighted by molar-refractivity contribution is 5.97. The van der Waals surface area contributed by atoms with Gasteiger partial charge in [-0.2, -0.15) is 0 Å².